The van der Waals surface area contributed by atoms with E-state index in [1.165, 1.54) is 31.8 Å². The van der Waals surface area contributed by atoms with Crippen LogP contribution >= 0.6 is 0 Å². The molecular weight excluding hydrogens is 562 g/mol. The number of fused-ring (bicyclic) bond motifs is 1. The summed E-state index contributed by atoms with van der Waals surface area (Å²) in [6.07, 6.45) is 2.40. The Hall–Kier alpha value is -4.90. The van der Waals surface area contributed by atoms with Crippen LogP contribution < -0.4 is 4.74 Å². The van der Waals surface area contributed by atoms with E-state index in [0.29, 0.717) is 6.42 Å². The highest BCUT2D eigenvalue weighted by atomic mass is 32.2. The number of nitrogens with zero attached hydrogens (tertiary/aromatic N) is 1. The molecule has 0 saturated heterocycles. The Bertz CT molecular complexity index is 1700. The van der Waals surface area contributed by atoms with Gasteiger partial charge in [0, 0.05) is 24.5 Å². The fourth-order valence-corrected chi connectivity index (χ4v) is 7.05. The molecule has 3 aliphatic heterocycles. The Morgan fingerprint density at radius 2 is 1.74 bits per heavy atom. The molecule has 3 aromatic carbocycles. The van der Waals surface area contributed by atoms with E-state index in [1.807, 2.05) is 60.7 Å². The number of allylic oxidation sites excluding steroid dienone is 1. The van der Waals surface area contributed by atoms with Crippen molar-refractivity contribution in [3.8, 4) is 5.75 Å². The predicted octanol–water partition coefficient (Wildman–Crippen LogP) is 4.41. The second kappa shape index (κ2) is 11.2. The van der Waals surface area contributed by atoms with Gasteiger partial charge in [0.15, 0.2) is 11.5 Å². The molecule has 11 heteroatoms. The molecule has 0 saturated carbocycles. The van der Waals surface area contributed by atoms with E-state index in [9.17, 15) is 18.3 Å². The van der Waals surface area contributed by atoms with Crippen LogP contribution in [-0.4, -0.2) is 50.0 Å². The van der Waals surface area contributed by atoms with E-state index in [-0.39, 0.29) is 46.5 Å². The molecule has 0 aliphatic carbocycles. The number of methoxy groups -OCH3 is 1. The third-order valence-corrected chi connectivity index (χ3v) is 8.96. The quantitative estimate of drug-likeness (QED) is 0.387. The standard InChI is InChI=1S/C31H27NO9S/c1-37-22-12-13-23-27(16-22)42(35,36)32(24(25-17-38-19-40-25)14-20-8-4-2-5-9-20)30(31(33)34)29(23)26-18-39-28(41-26)15-21-10-6-3-7-11-21/h2-13,16-18,24,28H,14-15,19H2,1H3,(H,33,34). The van der Waals surface area contributed by atoms with Crippen LogP contribution in [-0.2, 0) is 46.6 Å². The minimum atomic E-state index is -4.48. The number of hydrogen-bond donors (Lipinski definition) is 1. The molecule has 216 valence electrons. The van der Waals surface area contributed by atoms with Crippen molar-refractivity contribution in [2.45, 2.75) is 30.1 Å². The average molecular weight is 590 g/mol. The Morgan fingerprint density at radius 1 is 1.02 bits per heavy atom. The van der Waals surface area contributed by atoms with Crippen LogP contribution in [0.3, 0.4) is 0 Å². The molecule has 2 unspecified atom stereocenters. The maximum absolute atomic E-state index is 14.4. The lowest BCUT2D eigenvalue weighted by Crippen LogP contribution is -2.47. The molecule has 42 heavy (non-hydrogen) atoms. The Labute approximate surface area is 242 Å². The van der Waals surface area contributed by atoms with Crippen LogP contribution in [0.5, 0.6) is 5.75 Å². The van der Waals surface area contributed by atoms with Crippen LogP contribution in [0, 0.1) is 0 Å². The van der Waals surface area contributed by atoms with Crippen molar-refractivity contribution in [2.24, 2.45) is 0 Å². The first-order chi connectivity index (χ1) is 20.4. The lowest BCUT2D eigenvalue weighted by Gasteiger charge is -2.37. The Kier molecular flexibility index (Phi) is 7.26. The highest BCUT2D eigenvalue weighted by Crippen LogP contribution is 2.46. The Balaban J connectivity index is 1.51. The summed E-state index contributed by atoms with van der Waals surface area (Å²) in [6, 6.07) is 22.0. The van der Waals surface area contributed by atoms with Crippen LogP contribution in [0.15, 0.2) is 113 Å². The molecule has 3 heterocycles. The fourth-order valence-electron chi connectivity index (χ4n) is 5.20. The van der Waals surface area contributed by atoms with Gasteiger partial charge in [-0.05, 0) is 23.3 Å². The predicted molar refractivity (Wildman–Crippen MR) is 150 cm³/mol. The van der Waals surface area contributed by atoms with Gasteiger partial charge < -0.3 is 28.8 Å². The number of ether oxygens (including phenoxy) is 5. The summed E-state index contributed by atoms with van der Waals surface area (Å²) in [5.41, 5.74) is 1.43. The molecule has 0 radical (unpaired) electrons. The zero-order valence-corrected chi connectivity index (χ0v) is 23.3. The summed E-state index contributed by atoms with van der Waals surface area (Å²) in [4.78, 5) is 12.9. The van der Waals surface area contributed by atoms with Crippen molar-refractivity contribution in [1.29, 1.82) is 0 Å². The van der Waals surface area contributed by atoms with Gasteiger partial charge in [0.05, 0.1) is 17.6 Å². The molecule has 0 bridgehead atoms. The summed E-state index contributed by atoms with van der Waals surface area (Å²) in [7, 11) is -3.05. The molecule has 0 fully saturated rings. The van der Waals surface area contributed by atoms with E-state index in [4.69, 9.17) is 23.7 Å². The topological polar surface area (TPSA) is 121 Å². The molecule has 6 rings (SSSR count). The summed E-state index contributed by atoms with van der Waals surface area (Å²) in [5.74, 6) is -0.917. The van der Waals surface area contributed by atoms with Crippen molar-refractivity contribution in [1.82, 2.24) is 4.31 Å². The van der Waals surface area contributed by atoms with Crippen LogP contribution in [0.2, 0.25) is 0 Å². The number of carbonyl (C=O) groups is 1. The SMILES string of the molecule is COc1ccc2c(c1)S(=O)(=O)N(C(Cc1ccccc1)C1=COCO1)C(C(=O)O)=C2C1=COC(Cc2ccccc2)O1. The lowest BCUT2D eigenvalue weighted by atomic mass is 9.98. The average Bonchev–Trinajstić information content (AvgIpc) is 3.70. The van der Waals surface area contributed by atoms with Crippen molar-refractivity contribution in [2.75, 3.05) is 13.9 Å². The first-order valence-electron chi connectivity index (χ1n) is 13.1. The van der Waals surface area contributed by atoms with E-state index in [0.717, 1.165) is 15.4 Å². The minimum absolute atomic E-state index is 0.0584. The minimum Gasteiger partial charge on any atom is -0.497 e. The van der Waals surface area contributed by atoms with Crippen LogP contribution in [0.4, 0.5) is 0 Å². The maximum atomic E-state index is 14.4. The second-order valence-electron chi connectivity index (χ2n) is 9.70. The second-order valence-corrected chi connectivity index (χ2v) is 11.5. The van der Waals surface area contributed by atoms with Gasteiger partial charge in [0.2, 0.25) is 13.1 Å². The number of sulfonamides is 1. The summed E-state index contributed by atoms with van der Waals surface area (Å²) >= 11 is 0. The van der Waals surface area contributed by atoms with Gasteiger partial charge in [-0.1, -0.05) is 60.7 Å². The van der Waals surface area contributed by atoms with Gasteiger partial charge in [-0.15, -0.1) is 0 Å². The van der Waals surface area contributed by atoms with Crippen LogP contribution in [0.25, 0.3) is 5.57 Å². The molecule has 0 spiro atoms. The molecule has 0 amide bonds. The number of hydrogen-bond acceptors (Lipinski definition) is 8. The number of carboxylic acids is 1. The summed E-state index contributed by atoms with van der Waals surface area (Å²) < 4.78 is 57.9. The molecule has 10 nitrogen and oxygen atoms in total. The monoisotopic (exact) mass is 589 g/mol. The zero-order chi connectivity index (χ0) is 29.3. The van der Waals surface area contributed by atoms with Gasteiger partial charge >= 0.3 is 5.97 Å². The van der Waals surface area contributed by atoms with Gasteiger partial charge in [-0.2, -0.15) is 0 Å². The lowest BCUT2D eigenvalue weighted by molar-refractivity contribution is -0.134. The van der Waals surface area contributed by atoms with E-state index < -0.39 is 34.0 Å². The number of aliphatic carboxylic acids is 1. The van der Waals surface area contributed by atoms with Crippen LogP contribution in [0.1, 0.15) is 16.7 Å². The maximum Gasteiger partial charge on any atom is 0.354 e. The first-order valence-corrected chi connectivity index (χ1v) is 14.6. The van der Waals surface area contributed by atoms with Crippen molar-refractivity contribution in [3.63, 3.8) is 0 Å². The van der Waals surface area contributed by atoms with E-state index in [2.05, 4.69) is 0 Å². The van der Waals surface area contributed by atoms with Crippen molar-refractivity contribution < 1.29 is 42.0 Å². The van der Waals surface area contributed by atoms with Gasteiger partial charge in [0.25, 0.3) is 10.0 Å². The number of rotatable bonds is 9. The summed E-state index contributed by atoms with van der Waals surface area (Å²) in [5, 5.41) is 10.7. The largest absolute Gasteiger partial charge is 0.497 e. The highest BCUT2D eigenvalue weighted by molar-refractivity contribution is 7.89. The fraction of sp³-hybridized carbons (Fsp3) is 0.194. The molecular formula is C31H27NO9S. The highest BCUT2D eigenvalue weighted by Gasteiger charge is 2.48. The molecule has 0 aromatic heterocycles. The van der Waals surface area contributed by atoms with Gasteiger partial charge in [0.1, 0.15) is 30.0 Å². The third-order valence-electron chi connectivity index (χ3n) is 7.11. The molecule has 1 N–H and O–H groups in total. The molecule has 3 aromatic rings. The smallest absolute Gasteiger partial charge is 0.354 e. The van der Waals surface area contributed by atoms with E-state index >= 15 is 0 Å². The first kappa shape index (κ1) is 27.3. The zero-order valence-electron chi connectivity index (χ0n) is 22.5. The van der Waals surface area contributed by atoms with Crippen molar-refractivity contribution in [3.05, 3.63) is 125 Å². The summed E-state index contributed by atoms with van der Waals surface area (Å²) in [6.45, 7) is -0.124. The van der Waals surface area contributed by atoms with E-state index in [1.54, 1.807) is 6.07 Å². The molecule has 3 aliphatic rings. The van der Waals surface area contributed by atoms with Gasteiger partial charge in [-0.25, -0.2) is 17.5 Å². The normalized spacial score (nSPS) is 19.4. The third kappa shape index (κ3) is 5.03. The van der Waals surface area contributed by atoms with Crippen molar-refractivity contribution >= 4 is 21.6 Å². The number of benzene rings is 3. The van der Waals surface area contributed by atoms with Gasteiger partial charge in [-0.3, -0.25) is 0 Å². The Morgan fingerprint density at radius 3 is 2.38 bits per heavy atom. The molecule has 2 atom stereocenters. The number of carboxylic acid groups (broad SMARTS) is 1.